The molecule has 0 aromatic heterocycles. The smallest absolute Gasteiger partial charge is 0.171 e. The van der Waals surface area contributed by atoms with Gasteiger partial charge in [-0.05, 0) is 69.1 Å². The highest BCUT2D eigenvalue weighted by molar-refractivity contribution is 9.10. The molecule has 40 heavy (non-hydrogen) atoms. The largest absolute Gasteiger partial charge is 0.293 e. The van der Waals surface area contributed by atoms with Crippen molar-refractivity contribution in [3.05, 3.63) is 165 Å². The Morgan fingerprint density at radius 2 is 0.775 bits per heavy atom. The van der Waals surface area contributed by atoms with Gasteiger partial charge in [-0.15, -0.1) is 0 Å². The molecule has 0 amide bonds. The van der Waals surface area contributed by atoms with Crippen LogP contribution in [0.4, 0.5) is 0 Å². The van der Waals surface area contributed by atoms with Gasteiger partial charge in [0.1, 0.15) is 0 Å². The molecule has 0 bridgehead atoms. The maximum Gasteiger partial charge on any atom is 0.171 e. The molecule has 0 saturated carbocycles. The molecule has 2 atom stereocenters. The van der Waals surface area contributed by atoms with Crippen LogP contribution in [0, 0.1) is 0 Å². The third kappa shape index (κ3) is 5.30. The average molecular weight is 648 g/mol. The summed E-state index contributed by atoms with van der Waals surface area (Å²) in [6.45, 7) is 0. The predicted molar refractivity (Wildman–Crippen MR) is 170 cm³/mol. The summed E-state index contributed by atoms with van der Waals surface area (Å²) in [5.41, 5.74) is 2.76. The van der Waals surface area contributed by atoms with Gasteiger partial charge in [0.25, 0.3) is 0 Å². The van der Waals surface area contributed by atoms with E-state index < -0.39 is 11.8 Å². The minimum atomic E-state index is -0.727. The molecule has 6 rings (SSSR count). The summed E-state index contributed by atoms with van der Waals surface area (Å²) in [5.74, 6) is -1.63. The maximum absolute atomic E-state index is 14.5. The number of hydrogen-bond donors (Lipinski definition) is 0. The number of halogens is 2. The van der Waals surface area contributed by atoms with Crippen LogP contribution in [0.3, 0.4) is 0 Å². The summed E-state index contributed by atoms with van der Waals surface area (Å²) in [4.78, 5) is 29.1. The van der Waals surface area contributed by atoms with Crippen molar-refractivity contribution < 1.29 is 9.59 Å². The van der Waals surface area contributed by atoms with Crippen LogP contribution < -0.4 is 0 Å². The van der Waals surface area contributed by atoms with E-state index in [0.717, 1.165) is 41.6 Å². The van der Waals surface area contributed by atoms with E-state index in [1.807, 2.05) is 133 Å². The SMILES string of the molecule is O=C(c1ccc2ccccc2c1)C(c1ccc(Br)cc1)C(C(=O)c1ccc2ccccc2c1)c1ccc(Br)cc1. The quantitative estimate of drug-likeness (QED) is 0.162. The molecule has 0 N–H and O–H groups in total. The molecule has 6 aromatic rings. The van der Waals surface area contributed by atoms with Gasteiger partial charge in [-0.3, -0.25) is 9.59 Å². The molecule has 2 unspecified atom stereocenters. The molecule has 194 valence electrons. The van der Waals surface area contributed by atoms with Gasteiger partial charge in [-0.25, -0.2) is 0 Å². The Balaban J connectivity index is 1.54. The Labute approximate surface area is 249 Å². The summed E-state index contributed by atoms with van der Waals surface area (Å²) < 4.78 is 1.82. The van der Waals surface area contributed by atoms with E-state index >= 15 is 0 Å². The highest BCUT2D eigenvalue weighted by Gasteiger charge is 2.37. The van der Waals surface area contributed by atoms with Crippen LogP contribution >= 0.6 is 31.9 Å². The Morgan fingerprint density at radius 3 is 1.15 bits per heavy atom. The second kappa shape index (κ2) is 11.3. The first-order chi connectivity index (χ1) is 19.5. The Kier molecular flexibility index (Phi) is 7.46. The maximum atomic E-state index is 14.5. The molecule has 4 heteroatoms. The van der Waals surface area contributed by atoms with Crippen molar-refractivity contribution in [3.8, 4) is 0 Å². The number of rotatable bonds is 7. The van der Waals surface area contributed by atoms with Crippen LogP contribution in [0.15, 0.2) is 142 Å². The predicted octanol–water partition coefficient (Wildman–Crippen LogP) is 10.2. The van der Waals surface area contributed by atoms with E-state index in [4.69, 9.17) is 0 Å². The normalized spacial score (nSPS) is 12.8. The molecule has 0 heterocycles. The van der Waals surface area contributed by atoms with E-state index in [-0.39, 0.29) is 11.6 Å². The molecular formula is C36H24Br2O2. The topological polar surface area (TPSA) is 34.1 Å². The zero-order valence-corrected chi connectivity index (χ0v) is 24.6. The molecule has 0 spiro atoms. The van der Waals surface area contributed by atoms with Gasteiger partial charge in [0.05, 0.1) is 11.8 Å². The van der Waals surface area contributed by atoms with Crippen molar-refractivity contribution in [2.24, 2.45) is 0 Å². The first kappa shape index (κ1) is 26.4. The minimum absolute atomic E-state index is 0.0878. The summed E-state index contributed by atoms with van der Waals surface area (Å²) in [6.07, 6.45) is 0. The minimum Gasteiger partial charge on any atom is -0.293 e. The van der Waals surface area contributed by atoms with Crippen molar-refractivity contribution >= 4 is 65.0 Å². The highest BCUT2D eigenvalue weighted by atomic mass is 79.9. The molecule has 0 radical (unpaired) electrons. The number of carbonyl (C=O) groups is 2. The zero-order valence-electron chi connectivity index (χ0n) is 21.4. The third-order valence-electron chi connectivity index (χ3n) is 7.42. The Morgan fingerprint density at radius 1 is 0.425 bits per heavy atom. The number of fused-ring (bicyclic) bond motifs is 2. The van der Waals surface area contributed by atoms with Gasteiger partial charge in [0, 0.05) is 20.1 Å². The van der Waals surface area contributed by atoms with Gasteiger partial charge in [0.2, 0.25) is 0 Å². The molecule has 0 fully saturated rings. The fourth-order valence-corrected chi connectivity index (χ4v) is 5.90. The summed E-state index contributed by atoms with van der Waals surface area (Å²) in [5, 5.41) is 4.11. The van der Waals surface area contributed by atoms with Gasteiger partial charge < -0.3 is 0 Å². The highest BCUT2D eigenvalue weighted by Crippen LogP contribution is 2.40. The molecule has 2 nitrogen and oxygen atoms in total. The summed E-state index contributed by atoms with van der Waals surface area (Å²) in [7, 11) is 0. The molecule has 0 aliphatic rings. The summed E-state index contributed by atoms with van der Waals surface area (Å²) >= 11 is 7.05. The first-order valence-electron chi connectivity index (χ1n) is 13.0. The van der Waals surface area contributed by atoms with Crippen LogP contribution in [0.5, 0.6) is 0 Å². The standard InChI is InChI=1S/C36H24Br2O2/c37-31-17-13-25(14-18-31)33(35(39)29-11-9-23-5-1-3-7-27(23)21-29)34(26-15-19-32(38)20-16-26)36(40)30-12-10-24-6-2-4-8-28(24)22-30/h1-22,33-34H. The van der Waals surface area contributed by atoms with Crippen molar-refractivity contribution in [3.63, 3.8) is 0 Å². The number of hydrogen-bond acceptors (Lipinski definition) is 2. The molecule has 6 aromatic carbocycles. The lowest BCUT2D eigenvalue weighted by molar-refractivity contribution is 0.0867. The average Bonchev–Trinajstić information content (AvgIpc) is 3.00. The number of carbonyl (C=O) groups excluding carboxylic acids is 2. The lowest BCUT2D eigenvalue weighted by atomic mass is 9.73. The van der Waals surface area contributed by atoms with Crippen molar-refractivity contribution in [1.29, 1.82) is 0 Å². The van der Waals surface area contributed by atoms with E-state index in [9.17, 15) is 9.59 Å². The number of ketones is 2. The summed E-state index contributed by atoms with van der Waals surface area (Å²) in [6, 6.07) is 43.0. The zero-order chi connectivity index (χ0) is 27.6. The van der Waals surface area contributed by atoms with E-state index in [1.165, 1.54) is 0 Å². The van der Waals surface area contributed by atoms with Crippen LogP contribution in [0.25, 0.3) is 21.5 Å². The van der Waals surface area contributed by atoms with Gasteiger partial charge >= 0.3 is 0 Å². The molecule has 0 aliphatic carbocycles. The fourth-order valence-electron chi connectivity index (χ4n) is 5.37. The number of benzene rings is 6. The van der Waals surface area contributed by atoms with Gasteiger partial charge in [-0.2, -0.15) is 0 Å². The van der Waals surface area contributed by atoms with Crippen LogP contribution in [0.2, 0.25) is 0 Å². The number of Topliss-reactive ketones (excluding diaryl/α,β-unsaturated/α-hetero) is 2. The van der Waals surface area contributed by atoms with E-state index in [1.54, 1.807) is 0 Å². The Bertz CT molecular complexity index is 1720. The second-order valence-corrected chi connectivity index (χ2v) is 11.7. The van der Waals surface area contributed by atoms with E-state index in [2.05, 4.69) is 31.9 Å². The third-order valence-corrected chi connectivity index (χ3v) is 8.48. The van der Waals surface area contributed by atoms with Crippen LogP contribution in [0.1, 0.15) is 43.7 Å². The first-order valence-corrected chi connectivity index (χ1v) is 14.6. The van der Waals surface area contributed by atoms with Crippen LogP contribution in [-0.2, 0) is 0 Å². The second-order valence-electron chi connectivity index (χ2n) is 9.91. The van der Waals surface area contributed by atoms with Crippen LogP contribution in [-0.4, -0.2) is 11.6 Å². The lowest BCUT2D eigenvalue weighted by Gasteiger charge is -2.27. The molecule has 0 saturated heterocycles. The molecule has 0 aliphatic heterocycles. The van der Waals surface area contributed by atoms with E-state index in [0.29, 0.717) is 11.1 Å². The monoisotopic (exact) mass is 646 g/mol. The van der Waals surface area contributed by atoms with Gasteiger partial charge in [0.15, 0.2) is 11.6 Å². The van der Waals surface area contributed by atoms with Crippen molar-refractivity contribution in [1.82, 2.24) is 0 Å². The van der Waals surface area contributed by atoms with Gasteiger partial charge in [-0.1, -0.05) is 129 Å². The lowest BCUT2D eigenvalue weighted by Crippen LogP contribution is -2.27. The van der Waals surface area contributed by atoms with Crippen molar-refractivity contribution in [2.75, 3.05) is 0 Å². The fraction of sp³-hybridized carbons (Fsp3) is 0.0556. The molecular weight excluding hydrogens is 624 g/mol. The van der Waals surface area contributed by atoms with Crippen molar-refractivity contribution in [2.45, 2.75) is 11.8 Å². The Hall–Kier alpha value is -3.86.